The summed E-state index contributed by atoms with van der Waals surface area (Å²) in [5, 5.41) is 6.11. The second-order valence-electron chi connectivity index (χ2n) is 3.54. The highest BCUT2D eigenvalue weighted by molar-refractivity contribution is 6.35. The van der Waals surface area contributed by atoms with Gasteiger partial charge in [0.2, 0.25) is 0 Å². The van der Waals surface area contributed by atoms with Gasteiger partial charge in [0.1, 0.15) is 0 Å². The molecule has 0 fully saturated rings. The number of rotatable bonds is 3. The average molecular weight is 234 g/mol. The lowest BCUT2D eigenvalue weighted by Gasteiger charge is -2.03. The minimum absolute atomic E-state index is 0.259. The van der Waals surface area contributed by atoms with Gasteiger partial charge in [-0.3, -0.25) is 14.6 Å². The summed E-state index contributed by atoms with van der Waals surface area (Å²) in [5.41, 5.74) is 3.63. The van der Waals surface area contributed by atoms with Crippen LogP contribution in [0.2, 0.25) is 0 Å². The molecule has 1 rings (SSSR count). The highest BCUT2D eigenvalue weighted by atomic mass is 16.2. The molecule has 0 aliphatic heterocycles. The Bertz CT molecular complexity index is 424. The van der Waals surface area contributed by atoms with Crippen LogP contribution in [0.4, 0.5) is 0 Å². The van der Waals surface area contributed by atoms with Crippen molar-refractivity contribution in [2.45, 2.75) is 20.4 Å². The zero-order chi connectivity index (χ0) is 12.7. The Balaban J connectivity index is 2.40. The van der Waals surface area contributed by atoms with Gasteiger partial charge < -0.3 is 5.32 Å². The summed E-state index contributed by atoms with van der Waals surface area (Å²) in [5.74, 6) is -1.51. The average Bonchev–Trinajstić information content (AvgIpc) is 2.34. The number of nitrogens with zero attached hydrogens (tertiary/aromatic N) is 2. The number of hydrazone groups is 1. The fourth-order valence-corrected chi connectivity index (χ4v) is 0.979. The number of nitrogens with one attached hydrogen (secondary N) is 2. The summed E-state index contributed by atoms with van der Waals surface area (Å²) in [7, 11) is 0. The Morgan fingerprint density at radius 2 is 2.12 bits per heavy atom. The van der Waals surface area contributed by atoms with Crippen LogP contribution in [0.15, 0.2) is 29.6 Å². The lowest BCUT2D eigenvalue weighted by molar-refractivity contribution is -0.139. The third-order valence-electron chi connectivity index (χ3n) is 1.76. The Hall–Kier alpha value is -2.24. The van der Waals surface area contributed by atoms with Crippen molar-refractivity contribution in [2.24, 2.45) is 5.10 Å². The Labute approximate surface area is 99.1 Å². The molecule has 0 atom stereocenters. The molecule has 2 amide bonds. The van der Waals surface area contributed by atoms with E-state index >= 15 is 0 Å². The molecule has 0 saturated heterocycles. The normalized spacial score (nSPS) is 9.29. The van der Waals surface area contributed by atoms with Gasteiger partial charge in [0.25, 0.3) is 0 Å². The zero-order valence-corrected chi connectivity index (χ0v) is 9.73. The number of aromatic nitrogens is 1. The van der Waals surface area contributed by atoms with E-state index in [1.54, 1.807) is 38.4 Å². The largest absolute Gasteiger partial charge is 0.344 e. The molecule has 0 aliphatic rings. The van der Waals surface area contributed by atoms with Crippen molar-refractivity contribution >= 4 is 17.5 Å². The predicted molar refractivity (Wildman–Crippen MR) is 63.0 cm³/mol. The Kier molecular flexibility index (Phi) is 4.80. The van der Waals surface area contributed by atoms with Gasteiger partial charge >= 0.3 is 11.8 Å². The van der Waals surface area contributed by atoms with E-state index in [0.29, 0.717) is 5.71 Å². The number of carbonyl (C=O) groups is 2. The molecule has 1 heterocycles. The molecule has 0 radical (unpaired) electrons. The molecule has 0 bridgehead atoms. The van der Waals surface area contributed by atoms with Crippen LogP contribution in [-0.4, -0.2) is 22.5 Å². The summed E-state index contributed by atoms with van der Waals surface area (Å²) in [6.45, 7) is 3.69. The zero-order valence-electron chi connectivity index (χ0n) is 9.73. The lowest BCUT2D eigenvalue weighted by atomic mass is 10.3. The molecule has 0 saturated carbocycles. The van der Waals surface area contributed by atoms with Crippen molar-refractivity contribution in [3.8, 4) is 0 Å². The standard InChI is InChI=1S/C11H14N4O2/c1-8(2)14-15-11(17)10(16)13-7-9-4-3-5-12-6-9/h3-6H,7H2,1-2H3,(H,13,16)(H,15,17). The molecule has 90 valence electrons. The minimum Gasteiger partial charge on any atom is -0.344 e. The summed E-state index contributed by atoms with van der Waals surface area (Å²) in [4.78, 5) is 26.4. The maximum atomic E-state index is 11.3. The lowest BCUT2D eigenvalue weighted by Crippen LogP contribution is -2.37. The first-order chi connectivity index (χ1) is 8.09. The van der Waals surface area contributed by atoms with E-state index in [4.69, 9.17) is 0 Å². The van der Waals surface area contributed by atoms with Gasteiger partial charge in [0.15, 0.2) is 0 Å². The fourth-order valence-electron chi connectivity index (χ4n) is 0.979. The van der Waals surface area contributed by atoms with Crippen LogP contribution in [0.1, 0.15) is 19.4 Å². The van der Waals surface area contributed by atoms with Crippen molar-refractivity contribution in [1.82, 2.24) is 15.7 Å². The van der Waals surface area contributed by atoms with Gasteiger partial charge in [-0.2, -0.15) is 5.10 Å². The van der Waals surface area contributed by atoms with Crippen LogP contribution in [0.3, 0.4) is 0 Å². The summed E-state index contributed by atoms with van der Waals surface area (Å²) in [6.07, 6.45) is 3.25. The number of hydrogen-bond donors (Lipinski definition) is 2. The van der Waals surface area contributed by atoms with E-state index < -0.39 is 11.8 Å². The predicted octanol–water partition coefficient (Wildman–Crippen LogP) is 0.210. The molecule has 0 spiro atoms. The Morgan fingerprint density at radius 3 is 2.71 bits per heavy atom. The smallest absolute Gasteiger partial charge is 0.329 e. The molecule has 6 nitrogen and oxygen atoms in total. The van der Waals surface area contributed by atoms with Crippen molar-refractivity contribution in [3.63, 3.8) is 0 Å². The first-order valence-electron chi connectivity index (χ1n) is 5.07. The van der Waals surface area contributed by atoms with Crippen LogP contribution in [0.25, 0.3) is 0 Å². The van der Waals surface area contributed by atoms with Crippen LogP contribution < -0.4 is 10.7 Å². The quantitative estimate of drug-likeness (QED) is 0.445. The van der Waals surface area contributed by atoms with Crippen LogP contribution in [0, 0.1) is 0 Å². The topological polar surface area (TPSA) is 83.5 Å². The van der Waals surface area contributed by atoms with E-state index in [-0.39, 0.29) is 6.54 Å². The van der Waals surface area contributed by atoms with E-state index in [9.17, 15) is 9.59 Å². The summed E-state index contributed by atoms with van der Waals surface area (Å²) in [6, 6.07) is 3.56. The van der Waals surface area contributed by atoms with Gasteiger partial charge in [0.05, 0.1) is 0 Å². The van der Waals surface area contributed by atoms with E-state index in [1.165, 1.54) is 0 Å². The van der Waals surface area contributed by atoms with Gasteiger partial charge in [-0.1, -0.05) is 6.07 Å². The van der Waals surface area contributed by atoms with Crippen molar-refractivity contribution in [2.75, 3.05) is 0 Å². The number of pyridine rings is 1. The molecule has 0 aliphatic carbocycles. The molecular formula is C11H14N4O2. The van der Waals surface area contributed by atoms with Gasteiger partial charge in [-0.25, -0.2) is 5.43 Å². The van der Waals surface area contributed by atoms with Crippen molar-refractivity contribution in [1.29, 1.82) is 0 Å². The third-order valence-corrected chi connectivity index (χ3v) is 1.76. The number of carbonyl (C=O) groups excluding carboxylic acids is 2. The summed E-state index contributed by atoms with van der Waals surface area (Å²) < 4.78 is 0. The van der Waals surface area contributed by atoms with E-state index in [1.807, 2.05) is 0 Å². The molecule has 6 heteroatoms. The van der Waals surface area contributed by atoms with Crippen LogP contribution >= 0.6 is 0 Å². The highest BCUT2D eigenvalue weighted by Gasteiger charge is 2.11. The maximum Gasteiger partial charge on any atom is 0.329 e. The molecule has 0 aromatic carbocycles. The first-order valence-corrected chi connectivity index (χ1v) is 5.07. The molecule has 17 heavy (non-hydrogen) atoms. The Morgan fingerprint density at radius 1 is 1.35 bits per heavy atom. The summed E-state index contributed by atoms with van der Waals surface area (Å²) >= 11 is 0. The number of hydrogen-bond acceptors (Lipinski definition) is 4. The van der Waals surface area contributed by atoms with E-state index in [0.717, 1.165) is 5.56 Å². The minimum atomic E-state index is -0.782. The van der Waals surface area contributed by atoms with Crippen molar-refractivity contribution in [3.05, 3.63) is 30.1 Å². The van der Waals surface area contributed by atoms with Crippen LogP contribution in [-0.2, 0) is 16.1 Å². The molecule has 1 aromatic heterocycles. The highest BCUT2D eigenvalue weighted by Crippen LogP contribution is 1.93. The van der Waals surface area contributed by atoms with Gasteiger partial charge in [0, 0.05) is 24.7 Å². The SMILES string of the molecule is CC(C)=NNC(=O)C(=O)NCc1cccnc1. The maximum absolute atomic E-state index is 11.3. The molecule has 1 aromatic rings. The molecule has 2 N–H and O–H groups in total. The monoisotopic (exact) mass is 234 g/mol. The van der Waals surface area contributed by atoms with Gasteiger partial charge in [-0.15, -0.1) is 0 Å². The molecule has 0 unspecified atom stereocenters. The van der Waals surface area contributed by atoms with E-state index in [2.05, 4.69) is 20.8 Å². The van der Waals surface area contributed by atoms with Gasteiger partial charge in [-0.05, 0) is 25.5 Å². The second kappa shape index (κ2) is 6.37. The third kappa shape index (κ3) is 4.87. The fraction of sp³-hybridized carbons (Fsp3) is 0.273. The number of amides is 2. The van der Waals surface area contributed by atoms with Crippen LogP contribution in [0.5, 0.6) is 0 Å². The second-order valence-corrected chi connectivity index (χ2v) is 3.54. The first kappa shape index (κ1) is 12.8. The van der Waals surface area contributed by atoms with Crippen molar-refractivity contribution < 1.29 is 9.59 Å². The molecular weight excluding hydrogens is 220 g/mol.